The first-order valence-corrected chi connectivity index (χ1v) is 6.79. The fourth-order valence-corrected chi connectivity index (χ4v) is 2.04. The van der Waals surface area contributed by atoms with E-state index in [1.165, 1.54) is 0 Å². The lowest BCUT2D eigenvalue weighted by molar-refractivity contribution is -0.134. The molecule has 4 heteroatoms. The molecule has 0 spiro atoms. The van der Waals surface area contributed by atoms with Crippen LogP contribution in [-0.4, -0.2) is 36.2 Å². The highest BCUT2D eigenvalue weighted by atomic mass is 16.5. The van der Waals surface area contributed by atoms with Crippen LogP contribution < -0.4 is 0 Å². The lowest BCUT2D eigenvalue weighted by Crippen LogP contribution is -2.33. The van der Waals surface area contributed by atoms with Gasteiger partial charge in [0.2, 0.25) is 0 Å². The Labute approximate surface area is 110 Å². The summed E-state index contributed by atoms with van der Waals surface area (Å²) in [4.78, 5) is 18.1. The van der Waals surface area contributed by atoms with Crippen LogP contribution in [0, 0.1) is 0 Å². The molecule has 1 amide bonds. The summed E-state index contributed by atoms with van der Waals surface area (Å²) in [5.41, 5.74) is 2.14. The molecule has 0 radical (unpaired) electrons. The van der Waals surface area contributed by atoms with Gasteiger partial charge in [-0.2, -0.15) is 0 Å². The van der Waals surface area contributed by atoms with Crippen molar-refractivity contribution in [1.29, 1.82) is 0 Å². The number of amides is 1. The zero-order chi connectivity index (χ0) is 13.5. The lowest BCUT2D eigenvalue weighted by atomic mass is 10.1. The van der Waals surface area contributed by atoms with Crippen molar-refractivity contribution in [2.45, 2.75) is 47.0 Å². The van der Waals surface area contributed by atoms with Gasteiger partial charge in [0, 0.05) is 25.2 Å². The summed E-state index contributed by atoms with van der Waals surface area (Å²) in [7, 11) is 0. The highest BCUT2D eigenvalue weighted by Crippen LogP contribution is 2.22. The van der Waals surface area contributed by atoms with Crippen molar-refractivity contribution in [2.75, 3.05) is 19.7 Å². The number of hydrogen-bond donors (Lipinski definition) is 0. The predicted molar refractivity (Wildman–Crippen MR) is 73.5 cm³/mol. The summed E-state index contributed by atoms with van der Waals surface area (Å²) in [6.07, 6.45) is 2.65. The highest BCUT2D eigenvalue weighted by molar-refractivity contribution is 5.84. The largest absolute Gasteiger partial charge is 0.486 e. The molecule has 0 aromatic carbocycles. The smallest absolute Gasteiger partial charge is 0.260 e. The van der Waals surface area contributed by atoms with Crippen LogP contribution in [0.2, 0.25) is 0 Å². The molecule has 0 aliphatic carbocycles. The molecule has 0 aromatic heterocycles. The molecule has 0 aromatic rings. The molecular formula is C14H24N2O2. The molecular weight excluding hydrogens is 228 g/mol. The summed E-state index contributed by atoms with van der Waals surface area (Å²) in [6.45, 7) is 9.65. The number of rotatable bonds is 6. The van der Waals surface area contributed by atoms with Gasteiger partial charge in [-0.05, 0) is 33.6 Å². The third-order valence-electron chi connectivity index (χ3n) is 3.18. The first-order valence-electron chi connectivity index (χ1n) is 6.79. The second-order valence-corrected chi connectivity index (χ2v) is 4.43. The van der Waals surface area contributed by atoms with Gasteiger partial charge in [-0.15, -0.1) is 0 Å². The molecule has 0 bridgehead atoms. The van der Waals surface area contributed by atoms with Crippen LogP contribution in [0.4, 0.5) is 0 Å². The van der Waals surface area contributed by atoms with E-state index in [9.17, 15) is 4.79 Å². The van der Waals surface area contributed by atoms with Gasteiger partial charge in [0.15, 0.2) is 6.61 Å². The Morgan fingerprint density at radius 3 is 2.50 bits per heavy atom. The van der Waals surface area contributed by atoms with Gasteiger partial charge in [0.1, 0.15) is 5.76 Å². The van der Waals surface area contributed by atoms with Crippen molar-refractivity contribution in [3.63, 3.8) is 0 Å². The maximum absolute atomic E-state index is 11.8. The molecule has 1 aliphatic rings. The lowest BCUT2D eigenvalue weighted by Gasteiger charge is -2.21. The molecule has 0 saturated heterocycles. The molecule has 0 saturated carbocycles. The van der Waals surface area contributed by atoms with E-state index in [1.54, 1.807) is 4.90 Å². The average molecular weight is 252 g/mol. The predicted octanol–water partition coefficient (Wildman–Crippen LogP) is 2.75. The molecule has 1 rings (SSSR count). The molecule has 0 unspecified atom stereocenters. The average Bonchev–Trinajstić information content (AvgIpc) is 2.38. The Morgan fingerprint density at radius 2 is 1.94 bits per heavy atom. The van der Waals surface area contributed by atoms with Crippen LogP contribution in [0.5, 0.6) is 0 Å². The number of allylic oxidation sites excluding steroid dienone is 2. The second-order valence-electron chi connectivity index (χ2n) is 4.43. The van der Waals surface area contributed by atoms with Gasteiger partial charge in [0.05, 0.1) is 5.70 Å². The van der Waals surface area contributed by atoms with Crippen molar-refractivity contribution >= 4 is 11.6 Å². The van der Waals surface area contributed by atoms with E-state index in [4.69, 9.17) is 4.74 Å². The van der Waals surface area contributed by atoms with Crippen LogP contribution in [0.15, 0.2) is 16.4 Å². The number of nitrogens with zero attached hydrogens (tertiary/aromatic N) is 2. The van der Waals surface area contributed by atoms with Crippen molar-refractivity contribution in [3.05, 3.63) is 11.5 Å². The fourth-order valence-electron chi connectivity index (χ4n) is 2.04. The number of ether oxygens (including phenoxy) is 1. The third kappa shape index (κ3) is 3.86. The normalized spacial score (nSPS) is 15.4. The minimum Gasteiger partial charge on any atom is -0.486 e. The summed E-state index contributed by atoms with van der Waals surface area (Å²) in [5.74, 6) is 0.942. The van der Waals surface area contributed by atoms with Gasteiger partial charge >= 0.3 is 0 Å². The van der Waals surface area contributed by atoms with Crippen molar-refractivity contribution < 1.29 is 9.53 Å². The molecule has 18 heavy (non-hydrogen) atoms. The van der Waals surface area contributed by atoms with Crippen LogP contribution >= 0.6 is 0 Å². The van der Waals surface area contributed by atoms with Crippen LogP contribution in [-0.2, 0) is 9.53 Å². The van der Waals surface area contributed by atoms with E-state index in [0.717, 1.165) is 49.5 Å². The summed E-state index contributed by atoms with van der Waals surface area (Å²) in [6, 6.07) is 0. The Hall–Kier alpha value is -1.32. The van der Waals surface area contributed by atoms with E-state index in [1.807, 2.05) is 20.8 Å². The summed E-state index contributed by atoms with van der Waals surface area (Å²) < 4.78 is 5.66. The molecule has 0 atom stereocenters. The summed E-state index contributed by atoms with van der Waals surface area (Å²) >= 11 is 0. The highest BCUT2D eigenvalue weighted by Gasteiger charge is 2.16. The van der Waals surface area contributed by atoms with Gasteiger partial charge in [0.25, 0.3) is 5.91 Å². The molecule has 1 aliphatic heterocycles. The van der Waals surface area contributed by atoms with Crippen LogP contribution in [0.3, 0.4) is 0 Å². The van der Waals surface area contributed by atoms with E-state index in [-0.39, 0.29) is 12.5 Å². The maximum Gasteiger partial charge on any atom is 0.260 e. The monoisotopic (exact) mass is 252 g/mol. The zero-order valence-corrected chi connectivity index (χ0v) is 12.0. The minimum absolute atomic E-state index is 0.0502. The SMILES string of the molecule is CCC1=C(OCC(=O)N(CC)CC)CCC(C)=N1. The molecule has 1 heterocycles. The van der Waals surface area contributed by atoms with E-state index < -0.39 is 0 Å². The summed E-state index contributed by atoms with van der Waals surface area (Å²) in [5, 5.41) is 0. The standard InChI is InChI=1S/C14H24N2O2/c1-5-12-13(9-8-11(4)15-12)18-10-14(17)16(6-2)7-3/h5-10H2,1-4H3. The Balaban J connectivity index is 2.59. The Bertz CT molecular complexity index is 355. The maximum atomic E-state index is 11.8. The first kappa shape index (κ1) is 14.7. The number of hydrogen-bond acceptors (Lipinski definition) is 3. The molecule has 102 valence electrons. The topological polar surface area (TPSA) is 41.9 Å². The van der Waals surface area contributed by atoms with Crippen LogP contribution in [0.25, 0.3) is 0 Å². The molecule has 0 fully saturated rings. The number of likely N-dealkylation sites (N-methyl/N-ethyl adjacent to an activating group) is 1. The quantitative estimate of drug-likeness (QED) is 0.729. The third-order valence-corrected chi connectivity index (χ3v) is 3.18. The van der Waals surface area contributed by atoms with E-state index >= 15 is 0 Å². The van der Waals surface area contributed by atoms with Crippen LogP contribution in [0.1, 0.15) is 47.0 Å². The van der Waals surface area contributed by atoms with Gasteiger partial charge in [-0.3, -0.25) is 9.79 Å². The van der Waals surface area contributed by atoms with Gasteiger partial charge < -0.3 is 9.64 Å². The van der Waals surface area contributed by atoms with Gasteiger partial charge in [-0.25, -0.2) is 0 Å². The van der Waals surface area contributed by atoms with Crippen molar-refractivity contribution in [2.24, 2.45) is 4.99 Å². The van der Waals surface area contributed by atoms with E-state index in [0.29, 0.717) is 0 Å². The number of carbonyl (C=O) groups is 1. The molecule has 4 nitrogen and oxygen atoms in total. The second kappa shape index (κ2) is 7.19. The van der Waals surface area contributed by atoms with Crippen molar-refractivity contribution in [3.8, 4) is 0 Å². The number of aliphatic imine (C=N–C) groups is 1. The van der Waals surface area contributed by atoms with Crippen molar-refractivity contribution in [1.82, 2.24) is 4.90 Å². The zero-order valence-electron chi connectivity index (χ0n) is 12.0. The minimum atomic E-state index is 0.0502. The fraction of sp³-hybridized carbons (Fsp3) is 0.714. The van der Waals surface area contributed by atoms with Gasteiger partial charge in [-0.1, -0.05) is 6.92 Å². The molecule has 0 N–H and O–H groups in total. The Kier molecular flexibility index (Phi) is 5.89. The van der Waals surface area contributed by atoms with E-state index in [2.05, 4.69) is 11.9 Å². The first-order chi connectivity index (χ1) is 8.62. The number of carbonyl (C=O) groups excluding carboxylic acids is 1. The Morgan fingerprint density at radius 1 is 1.28 bits per heavy atom.